The van der Waals surface area contributed by atoms with E-state index in [-0.39, 0.29) is 5.91 Å². The van der Waals surface area contributed by atoms with Gasteiger partial charge in [-0.2, -0.15) is 5.10 Å². The maximum Gasteiger partial charge on any atom is 0.270 e. The van der Waals surface area contributed by atoms with Gasteiger partial charge >= 0.3 is 0 Å². The van der Waals surface area contributed by atoms with Crippen LogP contribution in [0.25, 0.3) is 17.3 Å². The van der Waals surface area contributed by atoms with Crippen LogP contribution in [0.5, 0.6) is 0 Å². The summed E-state index contributed by atoms with van der Waals surface area (Å²) in [6, 6.07) is 11.6. The molecule has 0 radical (unpaired) electrons. The van der Waals surface area contributed by atoms with E-state index in [1.807, 2.05) is 62.6 Å². The average Bonchev–Trinajstić information content (AvgIpc) is 3.16. The van der Waals surface area contributed by atoms with E-state index in [0.29, 0.717) is 9.23 Å². The highest BCUT2D eigenvalue weighted by Gasteiger charge is 2.33. The number of amides is 1. The van der Waals surface area contributed by atoms with Gasteiger partial charge in [-0.1, -0.05) is 41.7 Å². The Kier molecular flexibility index (Phi) is 4.63. The fourth-order valence-electron chi connectivity index (χ4n) is 2.87. The van der Waals surface area contributed by atoms with Crippen LogP contribution in [0.4, 0.5) is 5.69 Å². The van der Waals surface area contributed by atoms with Crippen LogP contribution >= 0.6 is 24.0 Å². The van der Waals surface area contributed by atoms with Crippen LogP contribution < -0.4 is 4.90 Å². The number of thiocarbonyl (C=S) groups is 1. The lowest BCUT2D eigenvalue weighted by atomic mass is 10.1. The van der Waals surface area contributed by atoms with Gasteiger partial charge in [0.2, 0.25) is 0 Å². The number of hydrogen-bond donors (Lipinski definition) is 0. The molecule has 0 spiro atoms. The Morgan fingerprint density at radius 2 is 1.81 bits per heavy atom. The number of carbonyl (C=O) groups excluding carboxylic acids is 1. The van der Waals surface area contributed by atoms with Gasteiger partial charge in [0.05, 0.1) is 16.3 Å². The topological polar surface area (TPSA) is 51.0 Å². The normalized spacial score (nSPS) is 15.8. The molecule has 5 nitrogen and oxygen atoms in total. The second-order valence-corrected chi connectivity index (χ2v) is 7.87. The summed E-state index contributed by atoms with van der Waals surface area (Å²) < 4.78 is 2.27. The van der Waals surface area contributed by atoms with Gasteiger partial charge in [0.25, 0.3) is 5.91 Å². The van der Waals surface area contributed by atoms with Crippen molar-refractivity contribution in [1.82, 2.24) is 14.8 Å². The predicted molar refractivity (Wildman–Crippen MR) is 113 cm³/mol. The number of aryl methyl sites for hydroxylation is 2. The molecule has 0 unspecified atom stereocenters. The van der Waals surface area contributed by atoms with E-state index in [9.17, 15) is 4.79 Å². The molecule has 1 saturated heterocycles. The first kappa shape index (κ1) is 17.6. The maximum atomic E-state index is 13.0. The van der Waals surface area contributed by atoms with Gasteiger partial charge in [-0.25, -0.2) is 0 Å². The van der Waals surface area contributed by atoms with E-state index in [2.05, 4.69) is 10.1 Å². The molecule has 1 fully saturated rings. The average molecular weight is 393 g/mol. The second kappa shape index (κ2) is 7.09. The van der Waals surface area contributed by atoms with Gasteiger partial charge in [0.1, 0.15) is 0 Å². The third-order valence-corrected chi connectivity index (χ3v) is 5.49. The fraction of sp³-hybridized carbons (Fsp3) is 0.100. The lowest BCUT2D eigenvalue weighted by molar-refractivity contribution is -0.113. The highest BCUT2D eigenvalue weighted by molar-refractivity contribution is 8.27. The SMILES string of the molecule is Cc1ccc(N2C(=O)/C(=C/c3cn(C)nc3-c3ccncc3)SC2=S)cc1. The zero-order valence-electron chi connectivity index (χ0n) is 14.8. The molecule has 3 heterocycles. The molecule has 0 atom stereocenters. The first-order valence-electron chi connectivity index (χ1n) is 8.31. The van der Waals surface area contributed by atoms with Gasteiger partial charge < -0.3 is 0 Å². The monoisotopic (exact) mass is 392 g/mol. The van der Waals surface area contributed by atoms with Crippen molar-refractivity contribution in [2.45, 2.75) is 6.92 Å². The molecule has 1 aliphatic heterocycles. The smallest absolute Gasteiger partial charge is 0.270 e. The van der Waals surface area contributed by atoms with Crippen molar-refractivity contribution in [2.24, 2.45) is 7.05 Å². The quantitative estimate of drug-likeness (QED) is 0.494. The van der Waals surface area contributed by atoms with Crippen molar-refractivity contribution in [3.63, 3.8) is 0 Å². The molecular formula is C20H16N4OS2. The van der Waals surface area contributed by atoms with E-state index < -0.39 is 0 Å². The highest BCUT2D eigenvalue weighted by atomic mass is 32.2. The van der Waals surface area contributed by atoms with E-state index in [4.69, 9.17) is 12.2 Å². The van der Waals surface area contributed by atoms with Crippen molar-refractivity contribution in [3.8, 4) is 11.3 Å². The Bertz CT molecular complexity index is 1060. The van der Waals surface area contributed by atoms with E-state index in [1.165, 1.54) is 11.8 Å². The van der Waals surface area contributed by atoms with Crippen LogP contribution in [0.3, 0.4) is 0 Å². The number of nitrogens with zero attached hydrogens (tertiary/aromatic N) is 4. The Morgan fingerprint density at radius 3 is 2.52 bits per heavy atom. The molecule has 0 saturated carbocycles. The van der Waals surface area contributed by atoms with Crippen molar-refractivity contribution in [3.05, 3.63) is 71.0 Å². The molecule has 7 heteroatoms. The Labute approximate surface area is 166 Å². The van der Waals surface area contributed by atoms with Crippen LogP contribution in [0.1, 0.15) is 11.1 Å². The largest absolute Gasteiger partial charge is 0.275 e. The summed E-state index contributed by atoms with van der Waals surface area (Å²) >= 11 is 6.76. The Hall–Kier alpha value is -2.77. The molecule has 1 amide bonds. The van der Waals surface area contributed by atoms with Gasteiger partial charge in [-0.15, -0.1) is 0 Å². The number of rotatable bonds is 3. The molecule has 0 bridgehead atoms. The number of hydrogen-bond acceptors (Lipinski definition) is 5. The molecule has 0 aliphatic carbocycles. The molecule has 134 valence electrons. The second-order valence-electron chi connectivity index (χ2n) is 6.20. The van der Waals surface area contributed by atoms with Crippen LogP contribution in [0.15, 0.2) is 59.9 Å². The summed E-state index contributed by atoms with van der Waals surface area (Å²) in [5.74, 6) is -0.113. The molecule has 2 aromatic heterocycles. The van der Waals surface area contributed by atoms with Crippen molar-refractivity contribution in [1.29, 1.82) is 0 Å². The number of pyridine rings is 1. The lowest BCUT2D eigenvalue weighted by Crippen LogP contribution is -2.27. The molecule has 0 N–H and O–H groups in total. The van der Waals surface area contributed by atoms with E-state index in [0.717, 1.165) is 28.1 Å². The minimum absolute atomic E-state index is 0.113. The first-order chi connectivity index (χ1) is 13.0. The lowest BCUT2D eigenvalue weighted by Gasteiger charge is -2.14. The minimum atomic E-state index is -0.113. The number of benzene rings is 1. The van der Waals surface area contributed by atoms with Crippen LogP contribution in [0.2, 0.25) is 0 Å². The van der Waals surface area contributed by atoms with Crippen molar-refractivity contribution < 1.29 is 4.79 Å². The summed E-state index contributed by atoms with van der Waals surface area (Å²) in [5, 5.41) is 4.53. The molecule has 3 aromatic rings. The van der Waals surface area contributed by atoms with Crippen molar-refractivity contribution in [2.75, 3.05) is 4.90 Å². The Morgan fingerprint density at radius 1 is 1.11 bits per heavy atom. The van der Waals surface area contributed by atoms with Gasteiger partial charge in [0, 0.05) is 36.8 Å². The minimum Gasteiger partial charge on any atom is -0.275 e. The summed E-state index contributed by atoms with van der Waals surface area (Å²) in [6.45, 7) is 2.01. The third-order valence-electron chi connectivity index (χ3n) is 4.18. The molecule has 1 aromatic carbocycles. The molecule has 4 rings (SSSR count). The number of thioether (sulfide) groups is 1. The third kappa shape index (κ3) is 3.43. The zero-order chi connectivity index (χ0) is 19.0. The number of carbonyl (C=O) groups is 1. The van der Waals surface area contributed by atoms with E-state index in [1.54, 1.807) is 22.0 Å². The van der Waals surface area contributed by atoms with Crippen molar-refractivity contribution >= 4 is 46.0 Å². The summed E-state index contributed by atoms with van der Waals surface area (Å²) in [6.07, 6.45) is 7.21. The Balaban J connectivity index is 1.71. The number of aromatic nitrogens is 3. The van der Waals surface area contributed by atoms with Crippen LogP contribution in [0, 0.1) is 6.92 Å². The number of anilines is 1. The standard InChI is InChI=1S/C20H16N4OS2/c1-13-3-5-16(6-4-13)24-19(25)17(27-20(24)26)11-15-12-23(2)22-18(15)14-7-9-21-10-8-14/h3-12H,1-2H3/b17-11-. The summed E-state index contributed by atoms with van der Waals surface area (Å²) in [5.41, 5.74) is 4.55. The first-order valence-corrected chi connectivity index (χ1v) is 9.54. The molecular weight excluding hydrogens is 376 g/mol. The molecule has 1 aliphatic rings. The van der Waals surface area contributed by atoms with Crippen LogP contribution in [-0.4, -0.2) is 25.0 Å². The molecule has 27 heavy (non-hydrogen) atoms. The summed E-state index contributed by atoms with van der Waals surface area (Å²) in [7, 11) is 1.86. The maximum absolute atomic E-state index is 13.0. The summed E-state index contributed by atoms with van der Waals surface area (Å²) in [4.78, 5) is 19.2. The van der Waals surface area contributed by atoms with Gasteiger partial charge in [-0.05, 0) is 37.3 Å². The van der Waals surface area contributed by atoms with Gasteiger partial charge in [-0.3, -0.25) is 19.4 Å². The van der Waals surface area contributed by atoms with Crippen LogP contribution in [-0.2, 0) is 11.8 Å². The van der Waals surface area contributed by atoms with E-state index >= 15 is 0 Å². The van der Waals surface area contributed by atoms with Gasteiger partial charge in [0.15, 0.2) is 4.32 Å². The highest BCUT2D eigenvalue weighted by Crippen LogP contribution is 2.37. The fourth-order valence-corrected chi connectivity index (χ4v) is 4.16. The predicted octanol–water partition coefficient (Wildman–Crippen LogP) is 4.20. The zero-order valence-corrected chi connectivity index (χ0v) is 16.4.